The Balaban J connectivity index is 2.41. The number of anilines is 1. The second-order valence-electron chi connectivity index (χ2n) is 3.67. The van der Waals surface area contributed by atoms with Gasteiger partial charge in [-0.05, 0) is 13.8 Å². The maximum atomic E-state index is 5.78. The van der Waals surface area contributed by atoms with Crippen LogP contribution < -0.4 is 10.7 Å². The highest BCUT2D eigenvalue weighted by Crippen LogP contribution is 2.11. The lowest BCUT2D eigenvalue weighted by atomic mass is 10.2. The first kappa shape index (κ1) is 9.64. The molecule has 0 unspecified atom stereocenters. The van der Waals surface area contributed by atoms with Crippen molar-refractivity contribution in [2.45, 2.75) is 20.3 Å². The Kier molecular flexibility index (Phi) is 2.37. The number of nitrogens with zero attached hydrogens (tertiary/aromatic N) is 2. The van der Waals surface area contributed by atoms with Gasteiger partial charge in [0.25, 0.3) is 0 Å². The molecule has 0 amide bonds. The molecule has 2 heterocycles. The molecule has 0 spiro atoms. The molecule has 0 fully saturated rings. The van der Waals surface area contributed by atoms with Gasteiger partial charge in [0.15, 0.2) is 12.1 Å². The molecule has 0 aromatic carbocycles. The van der Waals surface area contributed by atoms with Crippen molar-refractivity contribution in [2.75, 3.05) is 5.73 Å². The molecule has 78 valence electrons. The summed E-state index contributed by atoms with van der Waals surface area (Å²) in [5.74, 6) is 1.22. The summed E-state index contributed by atoms with van der Waals surface area (Å²) in [4.78, 5) is 14.5. The highest BCUT2D eigenvalue weighted by molar-refractivity contribution is 5.78. The fourth-order valence-electron chi connectivity index (χ4n) is 1.34. The molecular weight excluding hydrogens is 190 g/mol. The zero-order chi connectivity index (χ0) is 10.8. The Morgan fingerprint density at radius 2 is 2.33 bits per heavy atom. The van der Waals surface area contributed by atoms with Crippen molar-refractivity contribution in [1.29, 1.82) is 0 Å². The highest BCUT2D eigenvalue weighted by atomic mass is 15.0. The van der Waals surface area contributed by atoms with Crippen LogP contribution >= 0.6 is 0 Å². The Morgan fingerprint density at radius 1 is 1.53 bits per heavy atom. The van der Waals surface area contributed by atoms with E-state index < -0.39 is 0 Å². The number of imidazole rings is 1. The molecule has 0 aliphatic heterocycles. The van der Waals surface area contributed by atoms with E-state index in [9.17, 15) is 0 Å². The van der Waals surface area contributed by atoms with Gasteiger partial charge in [-0.15, -0.1) is 0 Å². The molecule has 2 aromatic heterocycles. The summed E-state index contributed by atoms with van der Waals surface area (Å²) in [5.41, 5.74) is 8.54. The van der Waals surface area contributed by atoms with Crippen molar-refractivity contribution in [3.05, 3.63) is 23.8 Å². The van der Waals surface area contributed by atoms with E-state index in [1.165, 1.54) is 5.57 Å². The zero-order valence-corrected chi connectivity index (χ0v) is 8.83. The SMILES string of the molecule is CC(C)=CCc1nc(N)c2[nH]c[nH+]c2n1. The average molecular weight is 204 g/mol. The van der Waals surface area contributed by atoms with Gasteiger partial charge in [-0.2, -0.15) is 4.98 Å². The largest absolute Gasteiger partial charge is 0.380 e. The van der Waals surface area contributed by atoms with E-state index in [2.05, 4.69) is 26.0 Å². The van der Waals surface area contributed by atoms with Crippen LogP contribution in [-0.4, -0.2) is 15.0 Å². The van der Waals surface area contributed by atoms with E-state index in [-0.39, 0.29) is 0 Å². The van der Waals surface area contributed by atoms with Crippen LogP contribution in [0.5, 0.6) is 0 Å². The van der Waals surface area contributed by atoms with E-state index in [1.807, 2.05) is 13.8 Å². The Morgan fingerprint density at radius 3 is 3.07 bits per heavy atom. The zero-order valence-electron chi connectivity index (χ0n) is 8.83. The third-order valence-corrected chi connectivity index (χ3v) is 2.10. The van der Waals surface area contributed by atoms with E-state index >= 15 is 0 Å². The van der Waals surface area contributed by atoms with Crippen LogP contribution in [0.3, 0.4) is 0 Å². The smallest absolute Gasteiger partial charge is 0.305 e. The van der Waals surface area contributed by atoms with E-state index in [1.54, 1.807) is 6.33 Å². The van der Waals surface area contributed by atoms with E-state index in [0.29, 0.717) is 12.2 Å². The van der Waals surface area contributed by atoms with Crippen molar-refractivity contribution >= 4 is 17.0 Å². The summed E-state index contributed by atoms with van der Waals surface area (Å²) in [5, 5.41) is 0. The number of nitrogen functional groups attached to an aromatic ring is 1. The number of rotatable bonds is 2. The molecule has 0 bridgehead atoms. The van der Waals surface area contributed by atoms with Crippen molar-refractivity contribution in [3.63, 3.8) is 0 Å². The van der Waals surface area contributed by atoms with Crippen molar-refractivity contribution in [1.82, 2.24) is 15.0 Å². The minimum absolute atomic E-state index is 0.485. The number of H-pyrrole nitrogens is 2. The topological polar surface area (TPSA) is 81.7 Å². The second-order valence-corrected chi connectivity index (χ2v) is 3.67. The van der Waals surface area contributed by atoms with Crippen LogP contribution in [0.1, 0.15) is 19.7 Å². The Labute approximate surface area is 87.5 Å². The monoisotopic (exact) mass is 204 g/mol. The minimum Gasteiger partial charge on any atom is -0.380 e. The minimum atomic E-state index is 0.485. The molecule has 2 rings (SSSR count). The molecule has 4 N–H and O–H groups in total. The quantitative estimate of drug-likeness (QED) is 0.712. The molecule has 0 saturated heterocycles. The van der Waals surface area contributed by atoms with Gasteiger partial charge in [-0.25, -0.2) is 4.98 Å². The lowest BCUT2D eigenvalue weighted by Crippen LogP contribution is -2.04. The maximum absolute atomic E-state index is 5.78. The van der Waals surface area contributed by atoms with Crippen molar-refractivity contribution < 1.29 is 4.98 Å². The maximum Gasteiger partial charge on any atom is 0.305 e. The van der Waals surface area contributed by atoms with Gasteiger partial charge >= 0.3 is 5.65 Å². The van der Waals surface area contributed by atoms with E-state index in [4.69, 9.17) is 5.73 Å². The molecule has 5 heteroatoms. The van der Waals surface area contributed by atoms with Crippen LogP contribution in [0.15, 0.2) is 18.0 Å². The summed E-state index contributed by atoms with van der Waals surface area (Å²) in [6, 6.07) is 0. The number of hydrogen-bond acceptors (Lipinski definition) is 3. The van der Waals surface area contributed by atoms with Crippen LogP contribution in [0.25, 0.3) is 11.2 Å². The molecule has 2 aromatic rings. The summed E-state index contributed by atoms with van der Waals surface area (Å²) in [6.45, 7) is 4.09. The normalized spacial score (nSPS) is 10.5. The first-order chi connectivity index (χ1) is 7.16. The lowest BCUT2D eigenvalue weighted by molar-refractivity contribution is -0.347. The molecule has 0 radical (unpaired) electrons. The second kappa shape index (κ2) is 3.68. The van der Waals surface area contributed by atoms with Crippen LogP contribution in [0.4, 0.5) is 5.82 Å². The average Bonchev–Trinajstić information content (AvgIpc) is 2.63. The molecule has 0 aliphatic carbocycles. The summed E-state index contributed by atoms with van der Waals surface area (Å²) in [7, 11) is 0. The van der Waals surface area contributed by atoms with Gasteiger partial charge in [0.2, 0.25) is 11.3 Å². The van der Waals surface area contributed by atoms with Gasteiger partial charge in [0.05, 0.1) is 0 Å². The predicted octanol–water partition coefficient (Wildman–Crippen LogP) is 0.863. The van der Waals surface area contributed by atoms with Crippen LogP contribution in [0.2, 0.25) is 0 Å². The molecule has 0 atom stereocenters. The predicted molar refractivity (Wildman–Crippen MR) is 58.0 cm³/mol. The van der Waals surface area contributed by atoms with Crippen molar-refractivity contribution in [3.8, 4) is 0 Å². The van der Waals surface area contributed by atoms with Crippen LogP contribution in [-0.2, 0) is 6.42 Å². The lowest BCUT2D eigenvalue weighted by Gasteiger charge is -1.94. The third-order valence-electron chi connectivity index (χ3n) is 2.10. The van der Waals surface area contributed by atoms with Gasteiger partial charge in [0, 0.05) is 6.42 Å². The summed E-state index contributed by atoms with van der Waals surface area (Å²) in [6.07, 6.45) is 4.48. The number of nitrogens with two attached hydrogens (primary N) is 1. The number of aromatic nitrogens is 4. The van der Waals surface area contributed by atoms with E-state index in [0.717, 1.165) is 17.0 Å². The fourth-order valence-corrected chi connectivity index (χ4v) is 1.34. The van der Waals surface area contributed by atoms with Gasteiger partial charge in [-0.1, -0.05) is 16.6 Å². The molecule has 5 nitrogen and oxygen atoms in total. The fraction of sp³-hybridized carbons (Fsp3) is 0.300. The number of allylic oxidation sites excluding steroid dienone is 2. The Hall–Kier alpha value is -1.91. The summed E-state index contributed by atoms with van der Waals surface area (Å²) >= 11 is 0. The Bertz CT molecular complexity index is 508. The van der Waals surface area contributed by atoms with Crippen molar-refractivity contribution in [2.24, 2.45) is 0 Å². The number of fused-ring (bicyclic) bond motifs is 1. The number of aromatic amines is 2. The third kappa shape index (κ3) is 1.96. The first-order valence-corrected chi connectivity index (χ1v) is 4.81. The molecule has 0 saturated carbocycles. The molecule has 15 heavy (non-hydrogen) atoms. The highest BCUT2D eigenvalue weighted by Gasteiger charge is 2.12. The first-order valence-electron chi connectivity index (χ1n) is 4.81. The van der Waals surface area contributed by atoms with Gasteiger partial charge < -0.3 is 5.73 Å². The summed E-state index contributed by atoms with van der Waals surface area (Å²) < 4.78 is 0. The van der Waals surface area contributed by atoms with Gasteiger partial charge in [-0.3, -0.25) is 4.98 Å². The number of nitrogens with one attached hydrogen (secondary N) is 2. The standard InChI is InChI=1S/C10H13N5/c1-6(2)3-4-7-14-9(11)8-10(15-7)13-5-12-8/h3,5H,4H2,1-2H3,(H3,11,12,13,14,15)/p+1. The van der Waals surface area contributed by atoms with Crippen LogP contribution in [0, 0.1) is 0 Å². The van der Waals surface area contributed by atoms with Gasteiger partial charge in [0.1, 0.15) is 0 Å². The number of hydrogen-bond donors (Lipinski definition) is 2. The molecular formula is C10H14N5+. The molecule has 0 aliphatic rings.